The zero-order valence-corrected chi connectivity index (χ0v) is 18.7. The monoisotopic (exact) mass is 496 g/mol. The van der Waals surface area contributed by atoms with E-state index in [0.717, 1.165) is 4.47 Å². The topological polar surface area (TPSA) is 0 Å². The van der Waals surface area contributed by atoms with Gasteiger partial charge in [0.1, 0.15) is 28.5 Å². The Balaban J connectivity index is 0.00000210. The molecule has 0 nitrogen and oxygen atoms in total. The molecule has 0 fully saturated rings. The van der Waals surface area contributed by atoms with Crippen molar-refractivity contribution in [2.75, 3.05) is 0 Å². The lowest BCUT2D eigenvalue weighted by atomic mass is 10.3. The van der Waals surface area contributed by atoms with E-state index in [0.29, 0.717) is 0 Å². The maximum Gasteiger partial charge on any atom is 0.145 e. The first-order valence-electron chi connectivity index (χ1n) is 8.64. The summed E-state index contributed by atoms with van der Waals surface area (Å²) in [6.07, 6.45) is 0. The zero-order chi connectivity index (χ0) is 17.8. The molecule has 0 heterocycles. The molecule has 0 radical (unpaired) electrons. The molecule has 0 bridgehead atoms. The van der Waals surface area contributed by atoms with Gasteiger partial charge in [0.05, 0.1) is 4.47 Å². The standard InChI is InChI=1S/C24H19BrP.BrH/c25-23-18-10-11-19-24(23)26(20-12-4-1-5-13-20,21-14-6-2-7-15-21)22-16-8-3-9-17-22;/h1-19H;1H/q+1;/p-1. The number of hydrogen-bond donors (Lipinski definition) is 0. The molecule has 27 heavy (non-hydrogen) atoms. The fourth-order valence-electron chi connectivity index (χ4n) is 3.54. The summed E-state index contributed by atoms with van der Waals surface area (Å²) < 4.78 is 1.16. The van der Waals surface area contributed by atoms with E-state index in [2.05, 4.69) is 131 Å². The van der Waals surface area contributed by atoms with Crippen molar-refractivity contribution < 1.29 is 17.0 Å². The highest BCUT2D eigenvalue weighted by Crippen LogP contribution is 2.55. The highest BCUT2D eigenvalue weighted by atomic mass is 79.9. The number of halogens is 2. The predicted octanol–water partition coefficient (Wildman–Crippen LogP) is 2.07. The van der Waals surface area contributed by atoms with Crippen LogP contribution >= 0.6 is 23.2 Å². The lowest BCUT2D eigenvalue weighted by Gasteiger charge is -2.28. The van der Waals surface area contributed by atoms with Gasteiger partial charge in [-0.3, -0.25) is 0 Å². The Morgan fingerprint density at radius 2 is 0.778 bits per heavy atom. The van der Waals surface area contributed by atoms with E-state index in [1.54, 1.807) is 0 Å². The Hall–Kier alpha value is -1.73. The van der Waals surface area contributed by atoms with Crippen molar-refractivity contribution in [3.05, 3.63) is 120 Å². The van der Waals surface area contributed by atoms with Crippen LogP contribution in [-0.4, -0.2) is 0 Å². The molecular formula is C24H19Br2P. The third-order valence-corrected chi connectivity index (χ3v) is 9.97. The van der Waals surface area contributed by atoms with Gasteiger partial charge >= 0.3 is 0 Å². The van der Waals surface area contributed by atoms with E-state index in [1.165, 1.54) is 21.2 Å². The first-order chi connectivity index (χ1) is 12.8. The second-order valence-corrected chi connectivity index (χ2v) is 10.4. The fraction of sp³-hybridized carbons (Fsp3) is 0. The van der Waals surface area contributed by atoms with Crippen molar-refractivity contribution in [3.8, 4) is 0 Å². The van der Waals surface area contributed by atoms with Gasteiger partial charge in [-0.1, -0.05) is 66.7 Å². The van der Waals surface area contributed by atoms with Gasteiger partial charge in [-0.15, -0.1) is 0 Å². The molecule has 0 saturated heterocycles. The number of hydrogen-bond acceptors (Lipinski definition) is 0. The average Bonchev–Trinajstić information content (AvgIpc) is 2.72. The average molecular weight is 498 g/mol. The van der Waals surface area contributed by atoms with Crippen molar-refractivity contribution in [1.82, 2.24) is 0 Å². The SMILES string of the molecule is Brc1ccccc1[P+](c1ccccc1)(c1ccccc1)c1ccccc1.[Br-]. The van der Waals surface area contributed by atoms with Crippen molar-refractivity contribution in [2.45, 2.75) is 0 Å². The molecule has 0 N–H and O–H groups in total. The molecule has 0 spiro atoms. The lowest BCUT2D eigenvalue weighted by molar-refractivity contribution is -0.00000481. The third kappa shape index (κ3) is 3.67. The van der Waals surface area contributed by atoms with Crippen LogP contribution in [0.25, 0.3) is 0 Å². The van der Waals surface area contributed by atoms with Crippen LogP contribution in [0.15, 0.2) is 120 Å². The summed E-state index contributed by atoms with van der Waals surface area (Å²) in [6.45, 7) is 0. The molecule has 4 rings (SSSR count). The minimum atomic E-state index is -1.99. The second-order valence-electron chi connectivity index (χ2n) is 6.13. The van der Waals surface area contributed by atoms with Gasteiger partial charge in [0.15, 0.2) is 0 Å². The Morgan fingerprint density at radius 1 is 0.444 bits per heavy atom. The molecule has 0 aliphatic rings. The van der Waals surface area contributed by atoms with E-state index in [1.807, 2.05) is 0 Å². The van der Waals surface area contributed by atoms with Gasteiger partial charge in [-0.2, -0.15) is 0 Å². The van der Waals surface area contributed by atoms with E-state index in [9.17, 15) is 0 Å². The van der Waals surface area contributed by atoms with Crippen molar-refractivity contribution in [2.24, 2.45) is 0 Å². The van der Waals surface area contributed by atoms with Gasteiger partial charge in [-0.05, 0) is 64.5 Å². The quantitative estimate of drug-likeness (QED) is 0.379. The molecule has 134 valence electrons. The van der Waals surface area contributed by atoms with Gasteiger partial charge < -0.3 is 17.0 Å². The Bertz CT molecular complexity index is 890. The van der Waals surface area contributed by atoms with Crippen LogP contribution in [-0.2, 0) is 0 Å². The predicted molar refractivity (Wildman–Crippen MR) is 119 cm³/mol. The van der Waals surface area contributed by atoms with E-state index < -0.39 is 7.26 Å². The third-order valence-electron chi connectivity index (χ3n) is 4.64. The summed E-state index contributed by atoms with van der Waals surface area (Å²) in [4.78, 5) is 0. The molecular weight excluding hydrogens is 479 g/mol. The normalized spacial score (nSPS) is 10.9. The molecule has 0 aliphatic heterocycles. The zero-order valence-electron chi connectivity index (χ0n) is 14.7. The molecule has 0 aromatic heterocycles. The van der Waals surface area contributed by atoms with Crippen LogP contribution in [0.3, 0.4) is 0 Å². The molecule has 0 atom stereocenters. The fourth-order valence-corrected chi connectivity index (χ4v) is 8.92. The van der Waals surface area contributed by atoms with Crippen LogP contribution in [0, 0.1) is 0 Å². The van der Waals surface area contributed by atoms with E-state index in [4.69, 9.17) is 0 Å². The molecule has 0 unspecified atom stereocenters. The van der Waals surface area contributed by atoms with Gasteiger partial charge in [0.2, 0.25) is 0 Å². The van der Waals surface area contributed by atoms with Crippen molar-refractivity contribution >= 4 is 44.4 Å². The van der Waals surface area contributed by atoms with Crippen LogP contribution < -0.4 is 38.2 Å². The van der Waals surface area contributed by atoms with Gasteiger partial charge in [-0.25, -0.2) is 0 Å². The smallest absolute Gasteiger partial charge is 0.145 e. The van der Waals surface area contributed by atoms with Crippen LogP contribution in [0.1, 0.15) is 0 Å². The highest BCUT2D eigenvalue weighted by Gasteiger charge is 2.48. The largest absolute Gasteiger partial charge is 1.00 e. The molecule has 4 aromatic rings. The minimum Gasteiger partial charge on any atom is -1.00 e. The molecule has 4 aromatic carbocycles. The Kier molecular flexibility index (Phi) is 6.65. The number of benzene rings is 4. The summed E-state index contributed by atoms with van der Waals surface area (Å²) in [5, 5.41) is 5.45. The van der Waals surface area contributed by atoms with Crippen LogP contribution in [0.2, 0.25) is 0 Å². The van der Waals surface area contributed by atoms with E-state index in [-0.39, 0.29) is 17.0 Å². The van der Waals surface area contributed by atoms with Crippen molar-refractivity contribution in [3.63, 3.8) is 0 Å². The summed E-state index contributed by atoms with van der Waals surface area (Å²) in [5.41, 5.74) is 0. The number of rotatable bonds is 4. The summed E-state index contributed by atoms with van der Waals surface area (Å²) >= 11 is 3.85. The maximum absolute atomic E-state index is 3.85. The highest BCUT2D eigenvalue weighted by molar-refractivity contribution is 9.10. The van der Waals surface area contributed by atoms with Gasteiger partial charge in [0.25, 0.3) is 0 Å². The Morgan fingerprint density at radius 3 is 1.15 bits per heavy atom. The Labute approximate surface area is 180 Å². The van der Waals surface area contributed by atoms with Crippen LogP contribution in [0.5, 0.6) is 0 Å². The van der Waals surface area contributed by atoms with E-state index >= 15 is 0 Å². The summed E-state index contributed by atoms with van der Waals surface area (Å²) in [5.74, 6) is 0. The lowest BCUT2D eigenvalue weighted by Crippen LogP contribution is -3.00. The van der Waals surface area contributed by atoms with Crippen molar-refractivity contribution in [1.29, 1.82) is 0 Å². The molecule has 0 aliphatic carbocycles. The first kappa shape index (κ1) is 20.0. The molecule has 0 saturated carbocycles. The molecule has 3 heteroatoms. The minimum absolute atomic E-state index is 0. The van der Waals surface area contributed by atoms with Gasteiger partial charge in [0, 0.05) is 0 Å². The maximum atomic E-state index is 3.85. The first-order valence-corrected chi connectivity index (χ1v) is 11.2. The molecule has 0 amide bonds. The summed E-state index contributed by atoms with van der Waals surface area (Å²) in [7, 11) is -1.99. The van der Waals surface area contributed by atoms with Crippen LogP contribution in [0.4, 0.5) is 0 Å². The second kappa shape index (κ2) is 8.97. The summed E-state index contributed by atoms with van der Waals surface area (Å²) in [6, 6.07) is 41.4.